The number of aromatic carboxylic acids is 1. The van der Waals surface area contributed by atoms with E-state index in [4.69, 9.17) is 21.1 Å². The monoisotopic (exact) mass is 406 g/mol. The van der Waals surface area contributed by atoms with Crippen molar-refractivity contribution in [3.63, 3.8) is 0 Å². The van der Waals surface area contributed by atoms with E-state index in [0.29, 0.717) is 33.5 Å². The predicted octanol–water partition coefficient (Wildman–Crippen LogP) is 5.10. The number of hydrogen-bond donors (Lipinski definition) is 1. The molecular formula is C22H15ClN2O4. The number of rotatable bonds is 4. The molecule has 29 heavy (non-hydrogen) atoms. The Kier molecular flexibility index (Phi) is 4.78. The average Bonchev–Trinajstić information content (AvgIpc) is 3.28. The van der Waals surface area contributed by atoms with Gasteiger partial charge in [-0.15, -0.1) is 0 Å². The van der Waals surface area contributed by atoms with Gasteiger partial charge in [0.2, 0.25) is 0 Å². The number of carbonyl (C=O) groups excluding carboxylic acids is 1. The molecule has 6 nitrogen and oxygen atoms in total. The van der Waals surface area contributed by atoms with Crippen LogP contribution >= 0.6 is 11.6 Å². The zero-order valence-corrected chi connectivity index (χ0v) is 16.1. The molecule has 1 aliphatic rings. The Balaban J connectivity index is 1.63. The van der Waals surface area contributed by atoms with Crippen LogP contribution in [0.5, 0.6) is 0 Å². The first kappa shape index (κ1) is 18.7. The van der Waals surface area contributed by atoms with Crippen molar-refractivity contribution in [3.8, 4) is 11.3 Å². The minimum atomic E-state index is -1.07. The largest absolute Gasteiger partial charge is 0.478 e. The van der Waals surface area contributed by atoms with Crippen LogP contribution < -0.4 is 5.01 Å². The second-order valence-electron chi connectivity index (χ2n) is 6.43. The van der Waals surface area contributed by atoms with Crippen molar-refractivity contribution >= 4 is 41.0 Å². The normalized spacial score (nSPS) is 15.1. The molecule has 1 aliphatic heterocycles. The maximum Gasteiger partial charge on any atom is 0.335 e. The minimum Gasteiger partial charge on any atom is -0.478 e. The van der Waals surface area contributed by atoms with Gasteiger partial charge in [-0.2, -0.15) is 10.1 Å². The molecule has 0 atom stereocenters. The Morgan fingerprint density at radius 3 is 2.69 bits per heavy atom. The second-order valence-corrected chi connectivity index (χ2v) is 6.86. The third-order valence-corrected chi connectivity index (χ3v) is 4.66. The third kappa shape index (κ3) is 3.70. The van der Waals surface area contributed by atoms with E-state index in [9.17, 15) is 9.59 Å². The summed E-state index contributed by atoms with van der Waals surface area (Å²) >= 11 is 6.03. The quantitative estimate of drug-likeness (QED) is 0.610. The summed E-state index contributed by atoms with van der Waals surface area (Å²) in [6, 6.07) is 16.9. The molecule has 0 saturated carbocycles. The zero-order chi connectivity index (χ0) is 20.5. The van der Waals surface area contributed by atoms with E-state index in [1.165, 1.54) is 17.1 Å². The number of amides is 1. The van der Waals surface area contributed by atoms with Gasteiger partial charge in [0.25, 0.3) is 5.91 Å². The molecule has 2 heterocycles. The van der Waals surface area contributed by atoms with Crippen LogP contribution in [0.3, 0.4) is 0 Å². The fraction of sp³-hybridized carbons (Fsp3) is 0.0455. The summed E-state index contributed by atoms with van der Waals surface area (Å²) in [5.74, 6) is -0.297. The van der Waals surface area contributed by atoms with E-state index in [-0.39, 0.29) is 11.5 Å². The molecule has 0 aliphatic carbocycles. The number of benzene rings is 2. The van der Waals surface area contributed by atoms with E-state index in [1.54, 1.807) is 49.4 Å². The number of carbonyl (C=O) groups is 2. The van der Waals surface area contributed by atoms with Crippen molar-refractivity contribution in [1.29, 1.82) is 0 Å². The van der Waals surface area contributed by atoms with Gasteiger partial charge in [-0.25, -0.2) is 4.79 Å². The molecule has 1 aromatic heterocycles. The fourth-order valence-corrected chi connectivity index (χ4v) is 3.19. The third-order valence-electron chi connectivity index (χ3n) is 4.42. The van der Waals surface area contributed by atoms with E-state index in [2.05, 4.69) is 5.10 Å². The number of carboxylic acids is 1. The van der Waals surface area contributed by atoms with Crippen molar-refractivity contribution in [3.05, 3.63) is 82.6 Å². The van der Waals surface area contributed by atoms with Gasteiger partial charge in [-0.05, 0) is 55.5 Å². The topological polar surface area (TPSA) is 83.1 Å². The lowest BCUT2D eigenvalue weighted by Gasteiger charge is -2.12. The molecule has 7 heteroatoms. The predicted molar refractivity (Wildman–Crippen MR) is 111 cm³/mol. The molecule has 0 saturated heterocycles. The van der Waals surface area contributed by atoms with E-state index < -0.39 is 5.97 Å². The number of furan rings is 1. The summed E-state index contributed by atoms with van der Waals surface area (Å²) in [4.78, 5) is 24.0. The van der Waals surface area contributed by atoms with E-state index in [0.717, 1.165) is 5.56 Å². The van der Waals surface area contributed by atoms with Crippen LogP contribution in [0.4, 0.5) is 5.69 Å². The van der Waals surface area contributed by atoms with Gasteiger partial charge < -0.3 is 9.52 Å². The number of halogens is 1. The van der Waals surface area contributed by atoms with Crippen molar-refractivity contribution in [2.24, 2.45) is 5.10 Å². The summed E-state index contributed by atoms with van der Waals surface area (Å²) < 4.78 is 5.84. The Bertz CT molecular complexity index is 1190. The van der Waals surface area contributed by atoms with Crippen LogP contribution in [0.2, 0.25) is 5.02 Å². The molecule has 3 aromatic rings. The Hall–Kier alpha value is -3.64. The van der Waals surface area contributed by atoms with Gasteiger partial charge in [-0.3, -0.25) is 4.79 Å². The maximum absolute atomic E-state index is 12.9. The molecule has 4 rings (SSSR count). The van der Waals surface area contributed by atoms with Gasteiger partial charge in [0.1, 0.15) is 11.5 Å². The highest BCUT2D eigenvalue weighted by Crippen LogP contribution is 2.29. The van der Waals surface area contributed by atoms with Gasteiger partial charge in [0.05, 0.1) is 22.5 Å². The van der Waals surface area contributed by atoms with Gasteiger partial charge in [0, 0.05) is 10.6 Å². The minimum absolute atomic E-state index is 0.0813. The van der Waals surface area contributed by atoms with Gasteiger partial charge in [-0.1, -0.05) is 29.8 Å². The highest BCUT2D eigenvalue weighted by molar-refractivity contribution is 6.32. The van der Waals surface area contributed by atoms with E-state index in [1.807, 2.05) is 12.1 Å². The Labute approximate surface area is 171 Å². The SMILES string of the molecule is CC1=NN(c2cccc(C(=O)O)c2)C(=O)/C1=C\c1ccc(-c2cccc(Cl)c2)o1. The molecule has 0 bridgehead atoms. The van der Waals surface area contributed by atoms with Crippen molar-refractivity contribution < 1.29 is 19.1 Å². The van der Waals surface area contributed by atoms with Crippen LogP contribution in [-0.4, -0.2) is 22.7 Å². The lowest BCUT2D eigenvalue weighted by molar-refractivity contribution is -0.114. The summed E-state index contributed by atoms with van der Waals surface area (Å²) in [5, 5.41) is 15.2. The van der Waals surface area contributed by atoms with Crippen LogP contribution in [0, 0.1) is 0 Å². The average molecular weight is 407 g/mol. The smallest absolute Gasteiger partial charge is 0.335 e. The zero-order valence-electron chi connectivity index (χ0n) is 15.3. The number of carboxylic acid groups (broad SMARTS) is 1. The van der Waals surface area contributed by atoms with Crippen LogP contribution in [0.15, 0.2) is 75.8 Å². The molecule has 0 unspecified atom stereocenters. The maximum atomic E-state index is 12.9. The molecule has 0 radical (unpaired) electrons. The molecular weight excluding hydrogens is 392 g/mol. The first-order chi connectivity index (χ1) is 13.9. The lowest BCUT2D eigenvalue weighted by atomic mass is 10.1. The summed E-state index contributed by atoms with van der Waals surface area (Å²) in [6.07, 6.45) is 1.62. The van der Waals surface area contributed by atoms with Crippen molar-refractivity contribution in [2.45, 2.75) is 6.92 Å². The lowest BCUT2D eigenvalue weighted by Crippen LogP contribution is -2.21. The standard InChI is InChI=1S/C22H15ClN2O4/c1-13-19(12-18-8-9-20(29-18)14-4-2-6-16(23)10-14)21(26)25(24-13)17-7-3-5-15(11-17)22(27)28/h2-12H,1H3,(H,27,28)/b19-12-. The number of nitrogens with zero attached hydrogens (tertiary/aromatic N) is 2. The van der Waals surface area contributed by atoms with Crippen LogP contribution in [0.25, 0.3) is 17.4 Å². The highest BCUT2D eigenvalue weighted by atomic mass is 35.5. The molecule has 0 fully saturated rings. The van der Waals surface area contributed by atoms with E-state index >= 15 is 0 Å². The summed E-state index contributed by atoms with van der Waals surface area (Å²) in [7, 11) is 0. The first-order valence-electron chi connectivity index (χ1n) is 8.73. The Morgan fingerprint density at radius 1 is 1.14 bits per heavy atom. The molecule has 1 N–H and O–H groups in total. The molecule has 144 valence electrons. The van der Waals surface area contributed by atoms with Crippen LogP contribution in [0.1, 0.15) is 23.0 Å². The molecule has 0 spiro atoms. The van der Waals surface area contributed by atoms with Crippen LogP contribution in [-0.2, 0) is 4.79 Å². The summed E-state index contributed by atoms with van der Waals surface area (Å²) in [5.41, 5.74) is 2.18. The van der Waals surface area contributed by atoms with Crippen molar-refractivity contribution in [2.75, 3.05) is 5.01 Å². The second kappa shape index (κ2) is 7.41. The molecule has 1 amide bonds. The highest BCUT2D eigenvalue weighted by Gasteiger charge is 2.29. The molecule has 2 aromatic carbocycles. The van der Waals surface area contributed by atoms with Gasteiger partial charge >= 0.3 is 5.97 Å². The Morgan fingerprint density at radius 2 is 1.93 bits per heavy atom. The first-order valence-corrected chi connectivity index (χ1v) is 9.11. The number of anilines is 1. The number of hydrazone groups is 1. The van der Waals surface area contributed by atoms with Gasteiger partial charge in [0.15, 0.2) is 0 Å². The summed E-state index contributed by atoms with van der Waals surface area (Å²) in [6.45, 7) is 1.71. The van der Waals surface area contributed by atoms with Crippen molar-refractivity contribution in [1.82, 2.24) is 0 Å². The fourth-order valence-electron chi connectivity index (χ4n) is 3.00. The number of hydrogen-bond acceptors (Lipinski definition) is 4.